The first-order valence-electron chi connectivity index (χ1n) is 5.49. The van der Waals surface area contributed by atoms with E-state index in [0.29, 0.717) is 11.6 Å². The third-order valence-corrected chi connectivity index (χ3v) is 2.79. The minimum atomic E-state index is 0.556. The second-order valence-corrected chi connectivity index (χ2v) is 4.65. The molecule has 0 unspecified atom stereocenters. The lowest BCUT2D eigenvalue weighted by Crippen LogP contribution is -2.10. The molecule has 0 heterocycles. The average molecular weight is 237 g/mol. The molecule has 0 aliphatic carbocycles. The van der Waals surface area contributed by atoms with E-state index in [-0.39, 0.29) is 0 Å². The summed E-state index contributed by atoms with van der Waals surface area (Å²) < 4.78 is 5.73. The van der Waals surface area contributed by atoms with Gasteiger partial charge in [0.05, 0.1) is 11.6 Å². The van der Waals surface area contributed by atoms with Crippen LogP contribution in [0.4, 0.5) is 0 Å². The summed E-state index contributed by atoms with van der Waals surface area (Å²) in [6.07, 6.45) is 1.63. The molecule has 0 radical (unpaired) electrons. The Balaban J connectivity index is 2.57. The topological polar surface area (TPSA) is 35.2 Å². The SMILES string of the molecule is Cc1cc(C)c(C)c(OCCCC(N)=S)c1. The van der Waals surface area contributed by atoms with Gasteiger partial charge in [-0.3, -0.25) is 0 Å². The molecule has 0 atom stereocenters. The maximum absolute atomic E-state index is 5.73. The Kier molecular flexibility index (Phi) is 4.74. The van der Waals surface area contributed by atoms with Gasteiger partial charge in [-0.15, -0.1) is 0 Å². The summed E-state index contributed by atoms with van der Waals surface area (Å²) in [6, 6.07) is 4.24. The fraction of sp³-hybridized carbons (Fsp3) is 0.462. The van der Waals surface area contributed by atoms with Gasteiger partial charge in [0.25, 0.3) is 0 Å². The molecule has 0 aromatic heterocycles. The Hall–Kier alpha value is -1.09. The summed E-state index contributed by atoms with van der Waals surface area (Å²) in [6.45, 7) is 6.93. The number of hydrogen-bond acceptors (Lipinski definition) is 2. The first-order chi connectivity index (χ1) is 7.50. The second kappa shape index (κ2) is 5.85. The molecule has 2 N–H and O–H groups in total. The highest BCUT2D eigenvalue weighted by molar-refractivity contribution is 7.80. The molecule has 0 bridgehead atoms. The summed E-state index contributed by atoms with van der Waals surface area (Å²) in [5, 5.41) is 0. The third-order valence-electron chi connectivity index (χ3n) is 2.59. The van der Waals surface area contributed by atoms with E-state index in [1.165, 1.54) is 16.7 Å². The fourth-order valence-corrected chi connectivity index (χ4v) is 1.72. The third kappa shape index (κ3) is 3.81. The van der Waals surface area contributed by atoms with Crippen molar-refractivity contribution in [3.63, 3.8) is 0 Å². The lowest BCUT2D eigenvalue weighted by molar-refractivity contribution is 0.311. The molecule has 1 aromatic rings. The van der Waals surface area contributed by atoms with E-state index >= 15 is 0 Å². The zero-order valence-corrected chi connectivity index (χ0v) is 11.0. The van der Waals surface area contributed by atoms with Crippen molar-refractivity contribution < 1.29 is 4.74 Å². The second-order valence-electron chi connectivity index (χ2n) is 4.12. The monoisotopic (exact) mass is 237 g/mol. The lowest BCUT2D eigenvalue weighted by Gasteiger charge is -2.12. The van der Waals surface area contributed by atoms with Crippen molar-refractivity contribution in [3.8, 4) is 5.75 Å². The van der Waals surface area contributed by atoms with Crippen LogP contribution in [0.5, 0.6) is 5.75 Å². The van der Waals surface area contributed by atoms with Crippen LogP contribution in [-0.2, 0) is 0 Å². The average Bonchev–Trinajstić information content (AvgIpc) is 2.19. The van der Waals surface area contributed by atoms with Gasteiger partial charge < -0.3 is 10.5 Å². The fourth-order valence-electron chi connectivity index (χ4n) is 1.58. The zero-order valence-electron chi connectivity index (χ0n) is 10.2. The highest BCUT2D eigenvalue weighted by Crippen LogP contribution is 2.23. The quantitative estimate of drug-likeness (QED) is 0.631. The summed E-state index contributed by atoms with van der Waals surface area (Å²) in [4.78, 5) is 0.556. The van der Waals surface area contributed by atoms with Crippen molar-refractivity contribution >= 4 is 17.2 Å². The molecular weight excluding hydrogens is 218 g/mol. The first kappa shape index (κ1) is 13.0. The Morgan fingerprint density at radius 2 is 2.00 bits per heavy atom. The molecule has 3 heteroatoms. The van der Waals surface area contributed by atoms with Gasteiger partial charge >= 0.3 is 0 Å². The largest absolute Gasteiger partial charge is 0.493 e. The Morgan fingerprint density at radius 3 is 2.62 bits per heavy atom. The van der Waals surface area contributed by atoms with Crippen LogP contribution in [0.15, 0.2) is 12.1 Å². The van der Waals surface area contributed by atoms with E-state index in [1.807, 2.05) is 0 Å². The molecule has 0 aliphatic heterocycles. The summed E-state index contributed by atoms with van der Waals surface area (Å²) in [7, 11) is 0. The molecule has 16 heavy (non-hydrogen) atoms. The molecule has 1 aromatic carbocycles. The number of nitrogens with two attached hydrogens (primary N) is 1. The number of ether oxygens (including phenoxy) is 1. The first-order valence-corrected chi connectivity index (χ1v) is 5.90. The summed E-state index contributed by atoms with van der Waals surface area (Å²) >= 11 is 4.82. The molecule has 1 rings (SSSR count). The molecule has 0 saturated carbocycles. The number of rotatable bonds is 5. The number of aryl methyl sites for hydroxylation is 2. The van der Waals surface area contributed by atoms with Gasteiger partial charge in [0.15, 0.2) is 0 Å². The Labute approximate surface area is 103 Å². The van der Waals surface area contributed by atoms with Crippen LogP contribution in [-0.4, -0.2) is 11.6 Å². The number of thiocarbonyl (C=S) groups is 1. The Bertz CT molecular complexity index is 388. The van der Waals surface area contributed by atoms with E-state index in [9.17, 15) is 0 Å². The van der Waals surface area contributed by atoms with Gasteiger partial charge in [-0.25, -0.2) is 0 Å². The van der Waals surface area contributed by atoms with Crippen molar-refractivity contribution in [2.24, 2.45) is 5.73 Å². The smallest absolute Gasteiger partial charge is 0.122 e. The molecule has 88 valence electrons. The van der Waals surface area contributed by atoms with Crippen LogP contribution < -0.4 is 10.5 Å². The molecule has 0 saturated heterocycles. The van der Waals surface area contributed by atoms with Crippen LogP contribution in [0.1, 0.15) is 29.5 Å². The van der Waals surface area contributed by atoms with Crippen molar-refractivity contribution in [3.05, 3.63) is 28.8 Å². The van der Waals surface area contributed by atoms with Gasteiger partial charge in [-0.05, 0) is 49.9 Å². The summed E-state index contributed by atoms with van der Waals surface area (Å²) in [5.41, 5.74) is 9.13. The van der Waals surface area contributed by atoms with E-state index in [4.69, 9.17) is 22.7 Å². The van der Waals surface area contributed by atoms with E-state index < -0.39 is 0 Å². The van der Waals surface area contributed by atoms with Gasteiger partial charge in [-0.1, -0.05) is 18.3 Å². The van der Waals surface area contributed by atoms with Gasteiger partial charge in [0.2, 0.25) is 0 Å². The van der Waals surface area contributed by atoms with Crippen molar-refractivity contribution in [2.75, 3.05) is 6.61 Å². The predicted octanol–water partition coefficient (Wildman–Crippen LogP) is 3.06. The maximum atomic E-state index is 5.73. The van der Waals surface area contributed by atoms with Gasteiger partial charge in [-0.2, -0.15) is 0 Å². The van der Waals surface area contributed by atoms with Crippen molar-refractivity contribution in [1.29, 1.82) is 0 Å². The van der Waals surface area contributed by atoms with E-state index in [2.05, 4.69) is 32.9 Å². The standard InChI is InChI=1S/C13H19NOS/c1-9-7-10(2)11(3)12(8-9)15-6-4-5-13(14)16/h7-8H,4-6H2,1-3H3,(H2,14,16). The van der Waals surface area contributed by atoms with Gasteiger partial charge in [0, 0.05) is 6.42 Å². The van der Waals surface area contributed by atoms with E-state index in [1.54, 1.807) is 0 Å². The summed E-state index contributed by atoms with van der Waals surface area (Å²) in [5.74, 6) is 0.973. The highest BCUT2D eigenvalue weighted by atomic mass is 32.1. The van der Waals surface area contributed by atoms with Crippen LogP contribution in [0.3, 0.4) is 0 Å². The highest BCUT2D eigenvalue weighted by Gasteiger charge is 2.03. The molecular formula is C13H19NOS. The van der Waals surface area contributed by atoms with Crippen molar-refractivity contribution in [1.82, 2.24) is 0 Å². The minimum Gasteiger partial charge on any atom is -0.493 e. The Morgan fingerprint density at radius 1 is 1.31 bits per heavy atom. The normalized spacial score (nSPS) is 10.2. The minimum absolute atomic E-state index is 0.556. The number of benzene rings is 1. The van der Waals surface area contributed by atoms with Crippen LogP contribution in [0, 0.1) is 20.8 Å². The molecule has 0 fully saturated rings. The van der Waals surface area contributed by atoms with Crippen molar-refractivity contribution in [2.45, 2.75) is 33.6 Å². The molecule has 0 spiro atoms. The lowest BCUT2D eigenvalue weighted by atomic mass is 10.1. The van der Waals surface area contributed by atoms with E-state index in [0.717, 1.165) is 18.6 Å². The van der Waals surface area contributed by atoms with Gasteiger partial charge in [0.1, 0.15) is 5.75 Å². The molecule has 0 amide bonds. The van der Waals surface area contributed by atoms with Crippen LogP contribution in [0.2, 0.25) is 0 Å². The predicted molar refractivity (Wildman–Crippen MR) is 72.2 cm³/mol. The maximum Gasteiger partial charge on any atom is 0.122 e. The molecule has 2 nitrogen and oxygen atoms in total. The molecule has 0 aliphatic rings. The number of hydrogen-bond donors (Lipinski definition) is 1. The van der Waals surface area contributed by atoms with Crippen LogP contribution in [0.25, 0.3) is 0 Å². The van der Waals surface area contributed by atoms with Crippen LogP contribution >= 0.6 is 12.2 Å². The zero-order chi connectivity index (χ0) is 12.1.